The minimum atomic E-state index is -0.382. The number of nitrogens with two attached hydrogens (primary N) is 1. The van der Waals surface area contributed by atoms with E-state index in [4.69, 9.17) is 15.7 Å². The largest absolute Gasteiger partial charge is 0.497 e. The van der Waals surface area contributed by atoms with Crippen molar-refractivity contribution in [2.24, 2.45) is 5.73 Å². The van der Waals surface area contributed by atoms with Crippen molar-refractivity contribution < 1.29 is 4.74 Å². The fourth-order valence-electron chi connectivity index (χ4n) is 2.30. The fraction of sp³-hybridized carbons (Fsp3) is 0.500. The molecule has 1 saturated heterocycles. The van der Waals surface area contributed by atoms with Crippen LogP contribution in [-0.2, 0) is 0 Å². The quantitative estimate of drug-likeness (QED) is 0.862. The van der Waals surface area contributed by atoms with Gasteiger partial charge in [-0.15, -0.1) is 0 Å². The van der Waals surface area contributed by atoms with E-state index in [1.165, 1.54) is 5.69 Å². The van der Waals surface area contributed by atoms with Gasteiger partial charge in [-0.2, -0.15) is 5.26 Å². The number of nitrogens with zero attached hydrogens (tertiary/aromatic N) is 3. The summed E-state index contributed by atoms with van der Waals surface area (Å²) in [4.78, 5) is 4.59. The van der Waals surface area contributed by atoms with Crippen molar-refractivity contribution in [2.45, 2.75) is 6.04 Å². The summed E-state index contributed by atoms with van der Waals surface area (Å²) in [6.07, 6.45) is 0. The van der Waals surface area contributed by atoms with Crippen LogP contribution in [0.1, 0.15) is 0 Å². The van der Waals surface area contributed by atoms with Crippen molar-refractivity contribution in [3.63, 3.8) is 0 Å². The maximum absolute atomic E-state index is 8.72. The van der Waals surface area contributed by atoms with E-state index in [2.05, 4.69) is 28.0 Å². The summed E-state index contributed by atoms with van der Waals surface area (Å²) < 4.78 is 5.16. The first-order valence-electron chi connectivity index (χ1n) is 6.49. The van der Waals surface area contributed by atoms with E-state index in [0.29, 0.717) is 6.54 Å². The number of rotatable bonds is 4. The molecule has 0 amide bonds. The van der Waals surface area contributed by atoms with E-state index >= 15 is 0 Å². The lowest BCUT2D eigenvalue weighted by atomic mass is 10.2. The van der Waals surface area contributed by atoms with E-state index in [-0.39, 0.29) is 6.04 Å². The minimum absolute atomic E-state index is 0.382. The third-order valence-corrected chi connectivity index (χ3v) is 3.43. The van der Waals surface area contributed by atoms with Crippen molar-refractivity contribution in [1.82, 2.24) is 4.90 Å². The van der Waals surface area contributed by atoms with Gasteiger partial charge in [0.2, 0.25) is 0 Å². The zero-order valence-electron chi connectivity index (χ0n) is 11.2. The van der Waals surface area contributed by atoms with Crippen LogP contribution in [0, 0.1) is 11.3 Å². The topological polar surface area (TPSA) is 65.5 Å². The Balaban J connectivity index is 1.87. The summed E-state index contributed by atoms with van der Waals surface area (Å²) in [5, 5.41) is 8.72. The van der Waals surface area contributed by atoms with Crippen molar-refractivity contribution in [3.05, 3.63) is 24.3 Å². The number of hydrogen-bond acceptors (Lipinski definition) is 5. The summed E-state index contributed by atoms with van der Waals surface area (Å²) in [5.74, 6) is 0.877. The molecule has 1 fully saturated rings. The van der Waals surface area contributed by atoms with Crippen LogP contribution in [0.4, 0.5) is 5.69 Å². The number of nitriles is 1. The van der Waals surface area contributed by atoms with Gasteiger partial charge in [0.05, 0.1) is 13.2 Å². The van der Waals surface area contributed by atoms with Crippen LogP contribution in [0.15, 0.2) is 24.3 Å². The lowest BCUT2D eigenvalue weighted by Crippen LogP contribution is -2.49. The first kappa shape index (κ1) is 13.7. The lowest BCUT2D eigenvalue weighted by Gasteiger charge is -2.36. The predicted octanol–water partition coefficient (Wildman–Crippen LogP) is 0.668. The highest BCUT2D eigenvalue weighted by Crippen LogP contribution is 2.20. The second kappa shape index (κ2) is 6.41. The number of anilines is 1. The van der Waals surface area contributed by atoms with Gasteiger partial charge in [-0.1, -0.05) is 0 Å². The van der Waals surface area contributed by atoms with Crippen LogP contribution < -0.4 is 15.4 Å². The molecule has 2 N–H and O–H groups in total. The van der Waals surface area contributed by atoms with Gasteiger partial charge in [0.1, 0.15) is 11.8 Å². The van der Waals surface area contributed by atoms with Gasteiger partial charge in [0.15, 0.2) is 0 Å². The molecular formula is C14H20N4O. The number of piperazine rings is 1. The molecule has 1 aliphatic rings. The van der Waals surface area contributed by atoms with Gasteiger partial charge in [0, 0.05) is 38.4 Å². The standard InChI is InChI=1S/C14H20N4O/c1-19-14-4-2-13(3-5-14)18-8-6-17(7-9-18)11-12(16)10-15/h2-5,12H,6-9,11,16H2,1H3. The molecule has 0 spiro atoms. The molecule has 1 aliphatic heterocycles. The average molecular weight is 260 g/mol. The zero-order valence-corrected chi connectivity index (χ0v) is 11.2. The summed E-state index contributed by atoms with van der Waals surface area (Å²) in [5.41, 5.74) is 6.86. The zero-order chi connectivity index (χ0) is 13.7. The van der Waals surface area contributed by atoms with Gasteiger partial charge >= 0.3 is 0 Å². The molecule has 5 heteroatoms. The summed E-state index contributed by atoms with van der Waals surface area (Å²) in [7, 11) is 1.67. The Morgan fingerprint density at radius 3 is 2.42 bits per heavy atom. The van der Waals surface area contributed by atoms with Crippen LogP contribution in [0.3, 0.4) is 0 Å². The SMILES string of the molecule is COc1ccc(N2CCN(CC(N)C#N)CC2)cc1. The predicted molar refractivity (Wildman–Crippen MR) is 75.2 cm³/mol. The molecule has 102 valence electrons. The maximum atomic E-state index is 8.72. The summed E-state index contributed by atoms with van der Waals surface area (Å²) in [6, 6.07) is 9.81. The first-order valence-corrected chi connectivity index (χ1v) is 6.49. The molecule has 0 aliphatic carbocycles. The summed E-state index contributed by atoms with van der Waals surface area (Å²) in [6.45, 7) is 4.48. The van der Waals surface area contributed by atoms with Crippen LogP contribution in [-0.4, -0.2) is 50.8 Å². The van der Waals surface area contributed by atoms with Crippen LogP contribution >= 0.6 is 0 Å². The Morgan fingerprint density at radius 1 is 1.26 bits per heavy atom. The molecular weight excluding hydrogens is 240 g/mol. The Bertz CT molecular complexity index is 432. The van der Waals surface area contributed by atoms with Crippen LogP contribution in [0.25, 0.3) is 0 Å². The van der Waals surface area contributed by atoms with E-state index in [0.717, 1.165) is 31.9 Å². The van der Waals surface area contributed by atoms with Gasteiger partial charge < -0.3 is 15.4 Å². The monoisotopic (exact) mass is 260 g/mol. The Kier molecular flexibility index (Phi) is 4.61. The molecule has 1 heterocycles. The first-order chi connectivity index (χ1) is 9.22. The highest BCUT2D eigenvalue weighted by molar-refractivity contribution is 5.49. The average Bonchev–Trinajstić information content (AvgIpc) is 2.48. The van der Waals surface area contributed by atoms with E-state index in [9.17, 15) is 0 Å². The third-order valence-electron chi connectivity index (χ3n) is 3.43. The van der Waals surface area contributed by atoms with Gasteiger partial charge in [-0.3, -0.25) is 4.90 Å². The fourth-order valence-corrected chi connectivity index (χ4v) is 2.30. The van der Waals surface area contributed by atoms with Crippen molar-refractivity contribution in [3.8, 4) is 11.8 Å². The molecule has 1 aromatic carbocycles. The second-order valence-corrected chi connectivity index (χ2v) is 4.72. The van der Waals surface area contributed by atoms with Crippen LogP contribution in [0.2, 0.25) is 0 Å². The lowest BCUT2D eigenvalue weighted by molar-refractivity contribution is 0.254. The number of methoxy groups -OCH3 is 1. The maximum Gasteiger partial charge on any atom is 0.119 e. The van der Waals surface area contributed by atoms with E-state index in [1.807, 2.05) is 12.1 Å². The van der Waals surface area contributed by atoms with Gasteiger partial charge in [0.25, 0.3) is 0 Å². The highest BCUT2D eigenvalue weighted by Gasteiger charge is 2.18. The molecule has 1 atom stereocenters. The minimum Gasteiger partial charge on any atom is -0.497 e. The number of benzene rings is 1. The van der Waals surface area contributed by atoms with E-state index in [1.54, 1.807) is 7.11 Å². The Morgan fingerprint density at radius 2 is 1.89 bits per heavy atom. The molecule has 0 bridgehead atoms. The Hall–Kier alpha value is -1.77. The molecule has 0 saturated carbocycles. The smallest absolute Gasteiger partial charge is 0.119 e. The molecule has 19 heavy (non-hydrogen) atoms. The molecule has 5 nitrogen and oxygen atoms in total. The van der Waals surface area contributed by atoms with Crippen molar-refractivity contribution >= 4 is 5.69 Å². The van der Waals surface area contributed by atoms with Gasteiger partial charge in [-0.05, 0) is 24.3 Å². The van der Waals surface area contributed by atoms with Gasteiger partial charge in [-0.25, -0.2) is 0 Å². The highest BCUT2D eigenvalue weighted by atomic mass is 16.5. The van der Waals surface area contributed by atoms with Crippen molar-refractivity contribution in [2.75, 3.05) is 44.7 Å². The van der Waals surface area contributed by atoms with Crippen molar-refractivity contribution in [1.29, 1.82) is 5.26 Å². The normalized spacial score (nSPS) is 17.8. The van der Waals surface area contributed by atoms with Crippen LogP contribution in [0.5, 0.6) is 5.75 Å². The third kappa shape index (κ3) is 3.60. The molecule has 2 rings (SSSR count). The molecule has 0 radical (unpaired) electrons. The Labute approximate surface area is 114 Å². The molecule has 0 aromatic heterocycles. The second-order valence-electron chi connectivity index (χ2n) is 4.72. The van der Waals surface area contributed by atoms with E-state index < -0.39 is 0 Å². The molecule has 1 unspecified atom stereocenters. The number of ether oxygens (including phenoxy) is 1. The number of hydrogen-bond donors (Lipinski definition) is 1. The molecule has 1 aromatic rings. The summed E-state index contributed by atoms with van der Waals surface area (Å²) >= 11 is 0.